The lowest BCUT2D eigenvalue weighted by Gasteiger charge is -2.64. The van der Waals surface area contributed by atoms with Gasteiger partial charge in [0.15, 0.2) is 0 Å². The Morgan fingerprint density at radius 3 is 2.00 bits per heavy atom. The monoisotopic (exact) mass is 618 g/mol. The van der Waals surface area contributed by atoms with Crippen LogP contribution in [0.3, 0.4) is 0 Å². The maximum atomic E-state index is 13.1. The van der Waals surface area contributed by atoms with Gasteiger partial charge in [-0.1, -0.05) is 41.5 Å². The lowest BCUT2D eigenvalue weighted by molar-refractivity contribution is -0.225. The highest BCUT2D eigenvalue weighted by molar-refractivity contribution is 5.70. The predicted molar refractivity (Wildman–Crippen MR) is 166 cm³/mol. The van der Waals surface area contributed by atoms with Gasteiger partial charge in [0.2, 0.25) is 0 Å². The smallest absolute Gasteiger partial charge is 0.306 e. The van der Waals surface area contributed by atoms with Gasteiger partial charge in [0.25, 0.3) is 0 Å². The number of fused-ring (bicyclic) bond motifs is 5. The summed E-state index contributed by atoms with van der Waals surface area (Å²) in [5.41, 5.74) is -0.371. The number of carboxylic acids is 1. The van der Waals surface area contributed by atoms with E-state index in [0.717, 1.165) is 64.2 Å². The molecule has 11 atom stereocenters. The van der Waals surface area contributed by atoms with Crippen molar-refractivity contribution >= 4 is 23.9 Å². The summed E-state index contributed by atoms with van der Waals surface area (Å²) in [6, 6.07) is 0. The molecule has 4 aliphatic carbocycles. The summed E-state index contributed by atoms with van der Waals surface area (Å²) in [4.78, 5) is 50.1. The Morgan fingerprint density at radius 1 is 0.773 bits per heavy atom. The molecule has 4 rings (SSSR count). The molecule has 0 aromatic rings. The molecule has 0 bridgehead atoms. The number of esters is 3. The highest BCUT2D eigenvalue weighted by Crippen LogP contribution is 2.69. The molecular weight excluding hydrogens is 560 g/mol. The van der Waals surface area contributed by atoms with Gasteiger partial charge in [-0.25, -0.2) is 0 Å². The lowest BCUT2D eigenvalue weighted by atomic mass is 9.43. The number of carbonyl (C=O) groups is 4. The normalized spacial score (nSPS) is 38.4. The van der Waals surface area contributed by atoms with Crippen LogP contribution in [-0.2, 0) is 33.4 Å². The Balaban J connectivity index is 1.71. The predicted octanol–water partition coefficient (Wildman–Crippen LogP) is 7.50. The molecular formula is C36H58O8. The zero-order valence-electron chi connectivity index (χ0n) is 28.1. The topological polar surface area (TPSA) is 116 Å². The van der Waals surface area contributed by atoms with Gasteiger partial charge in [0, 0.05) is 37.0 Å². The van der Waals surface area contributed by atoms with E-state index in [2.05, 4.69) is 20.8 Å². The van der Waals surface area contributed by atoms with Crippen molar-refractivity contribution in [3.05, 3.63) is 0 Å². The van der Waals surface area contributed by atoms with Gasteiger partial charge >= 0.3 is 23.9 Å². The van der Waals surface area contributed by atoms with Crippen molar-refractivity contribution < 1.29 is 38.5 Å². The average Bonchev–Trinajstić information content (AvgIpc) is 3.31. The fraction of sp³-hybridized carbons (Fsp3) is 0.889. The highest BCUT2D eigenvalue weighted by Gasteiger charge is 2.67. The SMILES string of the molecule is CCCC(=O)O[C@@H]1CC[C@@]2(C)[C@@H](C1)C[C@@H](OC(=O)CCC)[C@@H]1[C@@H]2C[C@H](OC(=O)CCC)[C@]2(C)[C@@H]([C@H](C)CCC(=O)O)CC[C@@H]12. The molecule has 0 radical (unpaired) electrons. The van der Waals surface area contributed by atoms with Crippen molar-refractivity contribution in [1.29, 1.82) is 0 Å². The van der Waals surface area contributed by atoms with Crippen LogP contribution in [0.25, 0.3) is 0 Å². The number of aliphatic carboxylic acids is 1. The number of hydrogen-bond acceptors (Lipinski definition) is 7. The van der Waals surface area contributed by atoms with Crippen LogP contribution >= 0.6 is 0 Å². The van der Waals surface area contributed by atoms with E-state index in [9.17, 15) is 24.3 Å². The number of rotatable bonds is 13. The van der Waals surface area contributed by atoms with Crippen LogP contribution in [0.1, 0.15) is 138 Å². The molecule has 0 unspecified atom stereocenters. The van der Waals surface area contributed by atoms with E-state index in [-0.39, 0.29) is 89.0 Å². The van der Waals surface area contributed by atoms with Gasteiger partial charge < -0.3 is 19.3 Å². The maximum Gasteiger partial charge on any atom is 0.306 e. The Labute approximate surface area is 264 Å². The second-order valence-electron chi connectivity index (χ2n) is 15.1. The Morgan fingerprint density at radius 2 is 1.39 bits per heavy atom. The largest absolute Gasteiger partial charge is 0.481 e. The second-order valence-corrected chi connectivity index (χ2v) is 15.1. The van der Waals surface area contributed by atoms with Crippen molar-refractivity contribution in [3.8, 4) is 0 Å². The standard InChI is InChI=1S/C36H58O8/c1-7-10-31(39)42-24-17-18-35(5)23(19-24)20-28(43-32(40)11-8-2)34-26-15-14-25(22(4)13-16-30(37)38)36(26,6)29(21-27(34)35)44-33(41)12-9-3/h22-29,34H,7-21H2,1-6H3,(H,37,38)/t22-,23+,24-,25-,26+,27+,28-,29+,34+,35+,36-/m1/s1. The van der Waals surface area contributed by atoms with E-state index in [1.165, 1.54) is 0 Å². The highest BCUT2D eigenvalue weighted by atomic mass is 16.6. The summed E-state index contributed by atoms with van der Waals surface area (Å²) in [5, 5.41) is 9.44. The summed E-state index contributed by atoms with van der Waals surface area (Å²) in [6.45, 7) is 12.8. The molecule has 0 amide bonds. The van der Waals surface area contributed by atoms with Crippen molar-refractivity contribution in [3.63, 3.8) is 0 Å². The Bertz CT molecular complexity index is 1040. The fourth-order valence-corrected chi connectivity index (χ4v) is 10.3. The van der Waals surface area contributed by atoms with Crippen molar-refractivity contribution in [1.82, 2.24) is 0 Å². The molecule has 0 aromatic heterocycles. The van der Waals surface area contributed by atoms with Gasteiger partial charge in [0.1, 0.15) is 18.3 Å². The van der Waals surface area contributed by atoms with Crippen LogP contribution in [0, 0.1) is 46.3 Å². The van der Waals surface area contributed by atoms with Crippen LogP contribution in [0.15, 0.2) is 0 Å². The van der Waals surface area contributed by atoms with Crippen molar-refractivity contribution in [2.24, 2.45) is 46.3 Å². The van der Waals surface area contributed by atoms with E-state index >= 15 is 0 Å². The maximum absolute atomic E-state index is 13.1. The molecule has 0 aromatic carbocycles. The summed E-state index contributed by atoms with van der Waals surface area (Å²) >= 11 is 0. The number of carboxylic acid groups (broad SMARTS) is 1. The first-order valence-electron chi connectivity index (χ1n) is 17.7. The Kier molecular flexibility index (Phi) is 11.5. The zero-order chi connectivity index (χ0) is 32.2. The van der Waals surface area contributed by atoms with Crippen molar-refractivity contribution in [2.45, 2.75) is 156 Å². The minimum atomic E-state index is -0.781. The molecule has 0 spiro atoms. The molecule has 0 aliphatic heterocycles. The van der Waals surface area contributed by atoms with E-state index in [1.807, 2.05) is 20.8 Å². The summed E-state index contributed by atoms with van der Waals surface area (Å²) in [6.07, 6.45) is 9.46. The lowest BCUT2D eigenvalue weighted by Crippen LogP contribution is -2.63. The van der Waals surface area contributed by atoms with E-state index in [0.29, 0.717) is 25.7 Å². The molecule has 4 fully saturated rings. The second kappa shape index (κ2) is 14.5. The molecule has 4 saturated carbocycles. The van der Waals surface area contributed by atoms with Gasteiger partial charge in [-0.15, -0.1) is 0 Å². The van der Waals surface area contributed by atoms with Crippen LogP contribution < -0.4 is 0 Å². The fourth-order valence-electron chi connectivity index (χ4n) is 10.3. The van der Waals surface area contributed by atoms with Crippen LogP contribution in [0.2, 0.25) is 0 Å². The summed E-state index contributed by atoms with van der Waals surface area (Å²) < 4.78 is 18.8. The van der Waals surface area contributed by atoms with Crippen LogP contribution in [0.4, 0.5) is 0 Å². The first kappa shape index (κ1) is 34.7. The summed E-state index contributed by atoms with van der Waals surface area (Å²) in [7, 11) is 0. The molecule has 8 heteroatoms. The van der Waals surface area contributed by atoms with Gasteiger partial charge in [-0.05, 0) is 106 Å². The average molecular weight is 619 g/mol. The minimum absolute atomic E-state index is 0.0459. The molecule has 0 saturated heterocycles. The molecule has 44 heavy (non-hydrogen) atoms. The van der Waals surface area contributed by atoms with Gasteiger partial charge in [-0.2, -0.15) is 0 Å². The van der Waals surface area contributed by atoms with Gasteiger partial charge in [-0.3, -0.25) is 19.2 Å². The molecule has 8 nitrogen and oxygen atoms in total. The van der Waals surface area contributed by atoms with E-state index < -0.39 is 5.97 Å². The Hall–Kier alpha value is -2.12. The minimum Gasteiger partial charge on any atom is -0.481 e. The van der Waals surface area contributed by atoms with E-state index in [4.69, 9.17) is 14.2 Å². The third-order valence-electron chi connectivity index (χ3n) is 12.5. The van der Waals surface area contributed by atoms with E-state index in [1.54, 1.807) is 0 Å². The van der Waals surface area contributed by atoms with Crippen LogP contribution in [0.5, 0.6) is 0 Å². The summed E-state index contributed by atoms with van der Waals surface area (Å²) in [5.74, 6) is -0.0294. The van der Waals surface area contributed by atoms with Crippen LogP contribution in [-0.4, -0.2) is 47.3 Å². The first-order chi connectivity index (χ1) is 20.9. The van der Waals surface area contributed by atoms with Gasteiger partial charge in [0.05, 0.1) is 0 Å². The molecule has 4 aliphatic rings. The number of hydrogen-bond donors (Lipinski definition) is 1. The molecule has 1 N–H and O–H groups in total. The van der Waals surface area contributed by atoms with Crippen molar-refractivity contribution in [2.75, 3.05) is 0 Å². The molecule has 0 heterocycles. The first-order valence-corrected chi connectivity index (χ1v) is 17.7. The number of carbonyl (C=O) groups excluding carboxylic acids is 3. The third-order valence-corrected chi connectivity index (χ3v) is 12.5. The zero-order valence-corrected chi connectivity index (χ0v) is 28.1. The third kappa shape index (κ3) is 6.99. The quantitative estimate of drug-likeness (QED) is 0.167. The molecule has 250 valence electrons. The number of ether oxygens (including phenoxy) is 3.